The monoisotopic (exact) mass is 183 g/mol. The summed E-state index contributed by atoms with van der Waals surface area (Å²) in [6, 6.07) is 0. The van der Waals surface area contributed by atoms with Gasteiger partial charge in [-0.3, -0.25) is 0 Å². The van der Waals surface area contributed by atoms with E-state index < -0.39 is 12.8 Å². The van der Waals surface area contributed by atoms with E-state index in [4.69, 9.17) is 0 Å². The Morgan fingerprint density at radius 1 is 1.50 bits per heavy atom. The summed E-state index contributed by atoms with van der Waals surface area (Å²) in [5, 5.41) is 2.75. The van der Waals surface area contributed by atoms with Crippen LogP contribution in [0.2, 0.25) is 0 Å². The van der Waals surface area contributed by atoms with Crippen molar-refractivity contribution in [3.8, 4) is 0 Å². The lowest BCUT2D eigenvalue weighted by molar-refractivity contribution is -0.171. The molecule has 0 aromatic carbocycles. The normalized spacial score (nSPS) is 11.7. The van der Waals surface area contributed by atoms with Crippen molar-refractivity contribution in [1.82, 2.24) is 5.32 Å². The lowest BCUT2D eigenvalue weighted by atomic mass is 10.3. The van der Waals surface area contributed by atoms with Gasteiger partial charge in [0.15, 0.2) is 0 Å². The molecule has 0 aliphatic carbocycles. The van der Waals surface area contributed by atoms with Crippen LogP contribution in [0.5, 0.6) is 0 Å². The first-order valence-corrected chi connectivity index (χ1v) is 3.41. The number of hydrogen-bond acceptors (Lipinski definition) is 2. The summed E-state index contributed by atoms with van der Waals surface area (Å²) in [5.74, 6) is 0. The molecule has 0 spiro atoms. The number of nitrogens with one attached hydrogen (secondary N) is 1. The van der Waals surface area contributed by atoms with Gasteiger partial charge in [-0.1, -0.05) is 6.58 Å². The number of likely N-dealkylation sites (N-methyl/N-ethyl adjacent to an activating group) is 1. The molecule has 0 heterocycles. The van der Waals surface area contributed by atoms with Crippen molar-refractivity contribution < 1.29 is 17.9 Å². The summed E-state index contributed by atoms with van der Waals surface area (Å²) in [5.41, 5.74) is 0.599. The Hall–Kier alpha value is -0.550. The fraction of sp³-hybridized carbons (Fsp3) is 0.714. The van der Waals surface area contributed by atoms with E-state index in [1.807, 2.05) is 0 Å². The van der Waals surface area contributed by atoms with E-state index in [1.165, 1.54) is 0 Å². The molecule has 2 nitrogen and oxygen atoms in total. The van der Waals surface area contributed by atoms with E-state index in [2.05, 4.69) is 16.6 Å². The molecule has 5 heteroatoms. The van der Waals surface area contributed by atoms with Gasteiger partial charge in [0.05, 0.1) is 6.61 Å². The molecule has 0 aromatic rings. The van der Waals surface area contributed by atoms with Crippen LogP contribution in [0.3, 0.4) is 0 Å². The van der Waals surface area contributed by atoms with Crippen LogP contribution in [0.15, 0.2) is 12.2 Å². The molecule has 0 fully saturated rings. The first-order valence-electron chi connectivity index (χ1n) is 3.41. The van der Waals surface area contributed by atoms with Crippen molar-refractivity contribution in [2.45, 2.75) is 6.18 Å². The Kier molecular flexibility index (Phi) is 4.92. The van der Waals surface area contributed by atoms with E-state index in [-0.39, 0.29) is 6.61 Å². The Bertz CT molecular complexity index is 144. The minimum absolute atomic E-state index is 0.0552. The van der Waals surface area contributed by atoms with Crippen molar-refractivity contribution in [1.29, 1.82) is 0 Å². The number of halogens is 3. The highest BCUT2D eigenvalue weighted by atomic mass is 19.4. The molecule has 0 aliphatic heterocycles. The highest BCUT2D eigenvalue weighted by Gasteiger charge is 2.27. The maximum atomic E-state index is 11.5. The molecule has 0 aliphatic rings. The zero-order valence-corrected chi connectivity index (χ0v) is 6.87. The second kappa shape index (κ2) is 5.16. The van der Waals surface area contributed by atoms with Gasteiger partial charge in [0, 0.05) is 6.54 Å². The van der Waals surface area contributed by atoms with Crippen LogP contribution in [-0.4, -0.2) is 33.0 Å². The third kappa shape index (κ3) is 7.56. The smallest absolute Gasteiger partial charge is 0.368 e. The van der Waals surface area contributed by atoms with Crippen molar-refractivity contribution in [2.24, 2.45) is 0 Å². The topological polar surface area (TPSA) is 21.3 Å². The molecule has 12 heavy (non-hydrogen) atoms. The van der Waals surface area contributed by atoms with Crippen LogP contribution in [0, 0.1) is 0 Å². The average molecular weight is 183 g/mol. The predicted octanol–water partition coefficient (Wildman–Crippen LogP) is 1.34. The summed E-state index contributed by atoms with van der Waals surface area (Å²) in [6.07, 6.45) is -4.25. The zero-order chi connectivity index (χ0) is 9.61. The molecule has 0 atom stereocenters. The molecule has 0 rings (SSSR count). The van der Waals surface area contributed by atoms with E-state index in [0.717, 1.165) is 0 Å². The second-order valence-electron chi connectivity index (χ2n) is 2.39. The summed E-state index contributed by atoms with van der Waals surface area (Å²) >= 11 is 0. The minimum atomic E-state index is -4.25. The molecular formula is C7H12F3NO. The standard InChI is InChI=1S/C7H12F3NO/c1-6(3-11-2)4-12-5-7(8,9)10/h11H,1,3-5H2,2H3. The molecular weight excluding hydrogens is 171 g/mol. The Morgan fingerprint density at radius 3 is 2.50 bits per heavy atom. The van der Waals surface area contributed by atoms with Crippen molar-refractivity contribution >= 4 is 0 Å². The molecule has 1 N–H and O–H groups in total. The predicted molar refractivity (Wildman–Crippen MR) is 39.9 cm³/mol. The minimum Gasteiger partial charge on any atom is -0.368 e. The number of ether oxygens (including phenoxy) is 1. The molecule has 0 radical (unpaired) electrons. The quantitative estimate of drug-likeness (QED) is 0.649. The number of rotatable bonds is 5. The van der Waals surface area contributed by atoms with Gasteiger partial charge in [0.2, 0.25) is 0 Å². The van der Waals surface area contributed by atoms with Gasteiger partial charge >= 0.3 is 6.18 Å². The van der Waals surface area contributed by atoms with Gasteiger partial charge in [-0.05, 0) is 12.6 Å². The van der Waals surface area contributed by atoms with Gasteiger partial charge in [-0.25, -0.2) is 0 Å². The summed E-state index contributed by atoms with van der Waals surface area (Å²) in [6.45, 7) is 2.71. The highest BCUT2D eigenvalue weighted by molar-refractivity contribution is 4.96. The van der Waals surface area contributed by atoms with Gasteiger partial charge < -0.3 is 10.1 Å². The lowest BCUT2D eigenvalue weighted by Crippen LogP contribution is -2.20. The Balaban J connectivity index is 3.37. The third-order valence-electron chi connectivity index (χ3n) is 0.999. The van der Waals surface area contributed by atoms with Crippen molar-refractivity contribution in [2.75, 3.05) is 26.8 Å². The molecule has 0 unspecified atom stereocenters. The van der Waals surface area contributed by atoms with Crippen LogP contribution in [-0.2, 0) is 4.74 Å². The first kappa shape index (κ1) is 11.4. The molecule has 0 saturated carbocycles. The fourth-order valence-electron chi connectivity index (χ4n) is 0.612. The van der Waals surface area contributed by atoms with Gasteiger partial charge in [0.1, 0.15) is 6.61 Å². The molecule has 0 saturated heterocycles. The largest absolute Gasteiger partial charge is 0.411 e. The van der Waals surface area contributed by atoms with E-state index in [9.17, 15) is 13.2 Å². The molecule has 72 valence electrons. The molecule has 0 amide bonds. The average Bonchev–Trinajstić information content (AvgIpc) is 1.84. The lowest BCUT2D eigenvalue weighted by Gasteiger charge is -2.08. The Labute approximate surface area is 69.4 Å². The first-order chi connectivity index (χ1) is 5.45. The van der Waals surface area contributed by atoms with Crippen molar-refractivity contribution in [3.05, 3.63) is 12.2 Å². The van der Waals surface area contributed by atoms with Crippen LogP contribution >= 0.6 is 0 Å². The maximum Gasteiger partial charge on any atom is 0.411 e. The van der Waals surface area contributed by atoms with E-state index in [0.29, 0.717) is 12.1 Å². The molecule has 0 aromatic heterocycles. The van der Waals surface area contributed by atoms with Gasteiger partial charge in [0.25, 0.3) is 0 Å². The summed E-state index contributed by atoms with van der Waals surface area (Å²) in [7, 11) is 1.69. The van der Waals surface area contributed by atoms with Gasteiger partial charge in [-0.2, -0.15) is 13.2 Å². The second-order valence-corrected chi connectivity index (χ2v) is 2.39. The summed E-state index contributed by atoms with van der Waals surface area (Å²) < 4.78 is 38.9. The third-order valence-corrected chi connectivity index (χ3v) is 0.999. The molecule has 0 bridgehead atoms. The number of hydrogen-bond donors (Lipinski definition) is 1. The van der Waals surface area contributed by atoms with E-state index in [1.54, 1.807) is 7.05 Å². The van der Waals surface area contributed by atoms with Crippen LogP contribution in [0.25, 0.3) is 0 Å². The van der Waals surface area contributed by atoms with E-state index >= 15 is 0 Å². The SMILES string of the molecule is C=C(CNC)COCC(F)(F)F. The van der Waals surface area contributed by atoms with Crippen molar-refractivity contribution in [3.63, 3.8) is 0 Å². The maximum absolute atomic E-state index is 11.5. The van der Waals surface area contributed by atoms with Crippen LogP contribution < -0.4 is 5.32 Å². The van der Waals surface area contributed by atoms with Crippen LogP contribution in [0.4, 0.5) is 13.2 Å². The fourth-order valence-corrected chi connectivity index (χ4v) is 0.612. The Morgan fingerprint density at radius 2 is 2.08 bits per heavy atom. The number of alkyl halides is 3. The van der Waals surface area contributed by atoms with Gasteiger partial charge in [-0.15, -0.1) is 0 Å². The zero-order valence-electron chi connectivity index (χ0n) is 6.87. The van der Waals surface area contributed by atoms with Crippen LogP contribution in [0.1, 0.15) is 0 Å². The summed E-state index contributed by atoms with van der Waals surface area (Å²) in [4.78, 5) is 0. The highest BCUT2D eigenvalue weighted by Crippen LogP contribution is 2.14.